The molecule has 0 saturated carbocycles. The molecule has 1 heterocycles. The van der Waals surface area contributed by atoms with E-state index in [2.05, 4.69) is 30.6 Å². The van der Waals surface area contributed by atoms with Crippen LogP contribution >= 0.6 is 0 Å². The molecule has 1 aliphatic heterocycles. The maximum absolute atomic E-state index is 3.76. The molecule has 0 radical (unpaired) electrons. The zero-order valence-corrected chi connectivity index (χ0v) is 6.80. The topological polar surface area (TPSA) is 25.2 Å². The Hall–Kier alpha value is -0.500. The average Bonchev–Trinajstić information content (AvgIpc) is 2.64. The SMILES string of the molecule is C=CN(CC1CN1)C(C)C. The zero-order valence-electron chi connectivity index (χ0n) is 6.80. The first-order valence-electron chi connectivity index (χ1n) is 3.85. The van der Waals surface area contributed by atoms with Crippen molar-refractivity contribution in [1.29, 1.82) is 0 Å². The van der Waals surface area contributed by atoms with Crippen LogP contribution in [0.5, 0.6) is 0 Å². The Labute approximate surface area is 62.9 Å². The van der Waals surface area contributed by atoms with Crippen LogP contribution in [0.2, 0.25) is 0 Å². The van der Waals surface area contributed by atoms with E-state index >= 15 is 0 Å². The first-order chi connectivity index (χ1) is 4.74. The van der Waals surface area contributed by atoms with E-state index in [0.717, 1.165) is 12.6 Å². The summed E-state index contributed by atoms with van der Waals surface area (Å²) in [7, 11) is 0. The van der Waals surface area contributed by atoms with Crippen molar-refractivity contribution in [3.8, 4) is 0 Å². The van der Waals surface area contributed by atoms with Crippen LogP contribution in [-0.4, -0.2) is 30.1 Å². The van der Waals surface area contributed by atoms with Gasteiger partial charge in [0, 0.05) is 25.2 Å². The van der Waals surface area contributed by atoms with Crippen LogP contribution in [-0.2, 0) is 0 Å². The van der Waals surface area contributed by atoms with Gasteiger partial charge in [-0.25, -0.2) is 0 Å². The van der Waals surface area contributed by atoms with E-state index in [1.165, 1.54) is 6.54 Å². The van der Waals surface area contributed by atoms with E-state index in [1.54, 1.807) is 0 Å². The van der Waals surface area contributed by atoms with E-state index in [4.69, 9.17) is 0 Å². The van der Waals surface area contributed by atoms with Crippen LogP contribution < -0.4 is 5.32 Å². The molecule has 0 aromatic heterocycles. The summed E-state index contributed by atoms with van der Waals surface area (Å²) in [5, 5.41) is 3.26. The molecule has 2 nitrogen and oxygen atoms in total. The van der Waals surface area contributed by atoms with E-state index in [0.29, 0.717) is 6.04 Å². The first kappa shape index (κ1) is 7.61. The lowest BCUT2D eigenvalue weighted by molar-refractivity contribution is 0.314. The molecule has 0 bridgehead atoms. The van der Waals surface area contributed by atoms with Gasteiger partial charge >= 0.3 is 0 Å². The van der Waals surface area contributed by atoms with Gasteiger partial charge in [-0.1, -0.05) is 6.58 Å². The molecule has 10 heavy (non-hydrogen) atoms. The van der Waals surface area contributed by atoms with Crippen LogP contribution in [0, 0.1) is 0 Å². The molecule has 0 aromatic rings. The minimum atomic E-state index is 0.583. The van der Waals surface area contributed by atoms with E-state index in [-0.39, 0.29) is 0 Å². The molecular weight excluding hydrogens is 124 g/mol. The van der Waals surface area contributed by atoms with Gasteiger partial charge in [0.2, 0.25) is 0 Å². The van der Waals surface area contributed by atoms with Gasteiger partial charge < -0.3 is 10.2 Å². The van der Waals surface area contributed by atoms with Crippen molar-refractivity contribution in [1.82, 2.24) is 10.2 Å². The highest BCUT2D eigenvalue weighted by molar-refractivity contribution is 4.89. The summed E-state index contributed by atoms with van der Waals surface area (Å²) < 4.78 is 0. The minimum Gasteiger partial charge on any atom is -0.374 e. The fourth-order valence-electron chi connectivity index (χ4n) is 0.963. The lowest BCUT2D eigenvalue weighted by atomic mass is 10.3. The molecule has 0 spiro atoms. The zero-order chi connectivity index (χ0) is 7.56. The molecule has 1 N–H and O–H groups in total. The fourth-order valence-corrected chi connectivity index (χ4v) is 0.963. The van der Waals surface area contributed by atoms with Crippen molar-refractivity contribution >= 4 is 0 Å². The van der Waals surface area contributed by atoms with Crippen LogP contribution in [0.25, 0.3) is 0 Å². The lowest BCUT2D eigenvalue weighted by Crippen LogP contribution is -2.29. The Kier molecular flexibility index (Phi) is 2.33. The molecule has 58 valence electrons. The van der Waals surface area contributed by atoms with Crippen LogP contribution in [0.1, 0.15) is 13.8 Å². The van der Waals surface area contributed by atoms with Gasteiger partial charge in [0.1, 0.15) is 0 Å². The number of hydrogen-bond donors (Lipinski definition) is 1. The number of nitrogens with one attached hydrogen (secondary N) is 1. The summed E-state index contributed by atoms with van der Waals surface area (Å²) in [6.45, 7) is 10.4. The highest BCUT2D eigenvalue weighted by Gasteiger charge is 2.22. The number of nitrogens with zero attached hydrogens (tertiary/aromatic N) is 1. The third kappa shape index (κ3) is 2.03. The molecule has 2 heteroatoms. The Balaban J connectivity index is 2.24. The third-order valence-electron chi connectivity index (χ3n) is 1.82. The van der Waals surface area contributed by atoms with E-state index in [9.17, 15) is 0 Å². The molecule has 1 saturated heterocycles. The molecular formula is C8H16N2. The van der Waals surface area contributed by atoms with Crippen molar-refractivity contribution in [2.45, 2.75) is 25.9 Å². The molecule has 1 atom stereocenters. The summed E-state index contributed by atoms with van der Waals surface area (Å²) >= 11 is 0. The van der Waals surface area contributed by atoms with Gasteiger partial charge in [0.15, 0.2) is 0 Å². The van der Waals surface area contributed by atoms with Crippen molar-refractivity contribution in [3.63, 3.8) is 0 Å². The maximum atomic E-state index is 3.76. The monoisotopic (exact) mass is 140 g/mol. The molecule has 1 fully saturated rings. The van der Waals surface area contributed by atoms with Crippen LogP contribution in [0.3, 0.4) is 0 Å². The predicted molar refractivity (Wildman–Crippen MR) is 43.8 cm³/mol. The summed E-state index contributed by atoms with van der Waals surface area (Å²) in [6.07, 6.45) is 1.92. The van der Waals surface area contributed by atoms with Gasteiger partial charge in [-0.15, -0.1) is 0 Å². The van der Waals surface area contributed by atoms with Crippen LogP contribution in [0.15, 0.2) is 12.8 Å². The van der Waals surface area contributed by atoms with Crippen LogP contribution in [0.4, 0.5) is 0 Å². The van der Waals surface area contributed by atoms with Gasteiger partial charge in [-0.3, -0.25) is 0 Å². The van der Waals surface area contributed by atoms with E-state index in [1.807, 2.05) is 6.20 Å². The van der Waals surface area contributed by atoms with Gasteiger partial charge in [-0.05, 0) is 20.0 Å². The highest BCUT2D eigenvalue weighted by atomic mass is 15.2. The van der Waals surface area contributed by atoms with Gasteiger partial charge in [0.05, 0.1) is 0 Å². The average molecular weight is 140 g/mol. The molecule has 1 rings (SSSR count). The Bertz CT molecular complexity index is 116. The second-order valence-corrected chi connectivity index (χ2v) is 3.08. The van der Waals surface area contributed by atoms with Crippen molar-refractivity contribution in [2.75, 3.05) is 13.1 Å². The quantitative estimate of drug-likeness (QED) is 0.585. The first-order valence-corrected chi connectivity index (χ1v) is 3.85. The second kappa shape index (κ2) is 3.06. The summed E-state index contributed by atoms with van der Waals surface area (Å²) in [4.78, 5) is 2.25. The number of rotatable bonds is 4. The summed E-state index contributed by atoms with van der Waals surface area (Å²) in [5.41, 5.74) is 0. The second-order valence-electron chi connectivity index (χ2n) is 3.08. The summed E-state index contributed by atoms with van der Waals surface area (Å²) in [6, 6.07) is 1.31. The Morgan fingerprint density at radius 2 is 2.40 bits per heavy atom. The van der Waals surface area contributed by atoms with E-state index < -0.39 is 0 Å². The van der Waals surface area contributed by atoms with Crippen molar-refractivity contribution < 1.29 is 0 Å². The lowest BCUT2D eigenvalue weighted by Gasteiger charge is -2.23. The maximum Gasteiger partial charge on any atom is 0.0369 e. The third-order valence-corrected chi connectivity index (χ3v) is 1.82. The normalized spacial score (nSPS) is 22.9. The highest BCUT2D eigenvalue weighted by Crippen LogP contribution is 2.04. The minimum absolute atomic E-state index is 0.583. The summed E-state index contributed by atoms with van der Waals surface area (Å²) in [5.74, 6) is 0. The molecule has 1 aliphatic rings. The number of hydrogen-bond acceptors (Lipinski definition) is 2. The predicted octanol–water partition coefficient (Wildman–Crippen LogP) is 0.812. The molecule has 0 amide bonds. The largest absolute Gasteiger partial charge is 0.374 e. The van der Waals surface area contributed by atoms with Crippen molar-refractivity contribution in [2.24, 2.45) is 0 Å². The standard InChI is InChI=1S/C8H16N2/c1-4-10(7(2)3)6-8-5-9-8/h4,7-9H,1,5-6H2,2-3H3. The molecule has 1 unspecified atom stereocenters. The van der Waals surface area contributed by atoms with Crippen molar-refractivity contribution in [3.05, 3.63) is 12.8 Å². The Morgan fingerprint density at radius 1 is 1.80 bits per heavy atom. The fraction of sp³-hybridized carbons (Fsp3) is 0.750. The smallest absolute Gasteiger partial charge is 0.0369 e. The van der Waals surface area contributed by atoms with Gasteiger partial charge in [0.25, 0.3) is 0 Å². The Morgan fingerprint density at radius 3 is 2.70 bits per heavy atom. The van der Waals surface area contributed by atoms with Gasteiger partial charge in [-0.2, -0.15) is 0 Å². The molecule has 0 aromatic carbocycles. The molecule has 0 aliphatic carbocycles.